The summed E-state index contributed by atoms with van der Waals surface area (Å²) < 4.78 is 0. The second-order valence-electron chi connectivity index (χ2n) is 3.26. The van der Waals surface area contributed by atoms with Crippen molar-refractivity contribution in [3.63, 3.8) is 0 Å². The van der Waals surface area contributed by atoms with Crippen LogP contribution in [0.2, 0.25) is 0 Å². The van der Waals surface area contributed by atoms with E-state index in [1.807, 2.05) is 18.7 Å². The topological polar surface area (TPSA) is 63.5 Å². The van der Waals surface area contributed by atoms with Gasteiger partial charge >= 0.3 is 5.69 Å². The largest absolute Gasteiger partial charge is 0.367 e. The molecule has 16 heavy (non-hydrogen) atoms. The number of nitrogens with zero attached hydrogens (tertiary/aromatic N) is 2. The standard InChI is InChI=1S/C11H14N2O3/c1-3-12(4-2)10-7-5-6-9(8-14)11(10)13(15)16/h5-8H,3-4H2,1-2H3. The molecule has 0 saturated carbocycles. The maximum absolute atomic E-state index is 11.0. The molecular formula is C11H14N2O3. The first-order valence-electron chi connectivity index (χ1n) is 5.13. The van der Waals surface area contributed by atoms with Gasteiger partial charge in [0.15, 0.2) is 6.29 Å². The summed E-state index contributed by atoms with van der Waals surface area (Å²) in [5.74, 6) is 0. The van der Waals surface area contributed by atoms with E-state index >= 15 is 0 Å². The number of nitro groups is 1. The lowest BCUT2D eigenvalue weighted by Gasteiger charge is -2.20. The van der Waals surface area contributed by atoms with Gasteiger partial charge in [0.1, 0.15) is 5.69 Å². The van der Waals surface area contributed by atoms with Gasteiger partial charge in [-0.2, -0.15) is 0 Å². The highest BCUT2D eigenvalue weighted by Gasteiger charge is 2.21. The fourth-order valence-corrected chi connectivity index (χ4v) is 1.66. The van der Waals surface area contributed by atoms with Crippen LogP contribution in [0.4, 0.5) is 11.4 Å². The van der Waals surface area contributed by atoms with Crippen molar-refractivity contribution in [2.45, 2.75) is 13.8 Å². The number of hydrogen-bond donors (Lipinski definition) is 0. The third-order valence-electron chi connectivity index (χ3n) is 2.46. The van der Waals surface area contributed by atoms with Gasteiger partial charge in [-0.25, -0.2) is 0 Å². The van der Waals surface area contributed by atoms with E-state index in [4.69, 9.17) is 0 Å². The Kier molecular flexibility index (Phi) is 3.99. The number of hydrogen-bond acceptors (Lipinski definition) is 4. The van der Waals surface area contributed by atoms with Crippen LogP contribution in [0.15, 0.2) is 18.2 Å². The number of carbonyl (C=O) groups excluding carboxylic acids is 1. The lowest BCUT2D eigenvalue weighted by molar-refractivity contribution is -0.384. The minimum Gasteiger partial charge on any atom is -0.367 e. The number of anilines is 1. The van der Waals surface area contributed by atoms with Gasteiger partial charge in [0.05, 0.1) is 10.5 Å². The third kappa shape index (κ3) is 2.18. The predicted molar refractivity (Wildman–Crippen MR) is 62.0 cm³/mol. The molecule has 0 heterocycles. The van der Waals surface area contributed by atoms with Gasteiger partial charge in [-0.3, -0.25) is 14.9 Å². The average Bonchev–Trinajstić information content (AvgIpc) is 2.30. The molecule has 0 bridgehead atoms. The second kappa shape index (κ2) is 5.25. The van der Waals surface area contributed by atoms with E-state index in [2.05, 4.69) is 0 Å². The minimum atomic E-state index is -0.503. The summed E-state index contributed by atoms with van der Waals surface area (Å²) in [6.45, 7) is 5.17. The molecule has 0 unspecified atom stereocenters. The highest BCUT2D eigenvalue weighted by molar-refractivity contribution is 5.86. The van der Waals surface area contributed by atoms with Crippen molar-refractivity contribution in [3.8, 4) is 0 Å². The summed E-state index contributed by atoms with van der Waals surface area (Å²) in [5.41, 5.74) is 0.509. The fraction of sp³-hybridized carbons (Fsp3) is 0.364. The molecule has 0 aromatic heterocycles. The van der Waals surface area contributed by atoms with Gasteiger partial charge in [0.2, 0.25) is 0 Å². The first kappa shape index (κ1) is 12.2. The fourth-order valence-electron chi connectivity index (χ4n) is 1.66. The van der Waals surface area contributed by atoms with E-state index in [9.17, 15) is 14.9 Å². The van der Waals surface area contributed by atoms with Gasteiger partial charge in [0.25, 0.3) is 0 Å². The van der Waals surface area contributed by atoms with Crippen LogP contribution in [0.5, 0.6) is 0 Å². The van der Waals surface area contributed by atoms with Gasteiger partial charge in [-0.1, -0.05) is 6.07 Å². The van der Waals surface area contributed by atoms with Gasteiger partial charge < -0.3 is 4.90 Å². The van der Waals surface area contributed by atoms with Crippen LogP contribution in [0.25, 0.3) is 0 Å². The lowest BCUT2D eigenvalue weighted by atomic mass is 10.1. The molecule has 0 aliphatic carbocycles. The van der Waals surface area contributed by atoms with Crippen LogP contribution in [-0.2, 0) is 0 Å². The summed E-state index contributed by atoms with van der Waals surface area (Å²) in [7, 11) is 0. The van der Waals surface area contributed by atoms with Crippen LogP contribution in [-0.4, -0.2) is 24.3 Å². The number of carbonyl (C=O) groups is 1. The van der Waals surface area contributed by atoms with Crippen molar-refractivity contribution in [1.82, 2.24) is 0 Å². The SMILES string of the molecule is CCN(CC)c1cccc(C=O)c1[N+](=O)[O-]. The van der Waals surface area contributed by atoms with Crippen LogP contribution >= 0.6 is 0 Å². The van der Waals surface area contributed by atoms with Crippen molar-refractivity contribution in [2.75, 3.05) is 18.0 Å². The monoisotopic (exact) mass is 222 g/mol. The summed E-state index contributed by atoms with van der Waals surface area (Å²) >= 11 is 0. The van der Waals surface area contributed by atoms with Crippen molar-refractivity contribution < 1.29 is 9.72 Å². The Bertz CT molecular complexity index is 400. The maximum atomic E-state index is 11.0. The Morgan fingerprint density at radius 1 is 1.38 bits per heavy atom. The zero-order chi connectivity index (χ0) is 12.1. The zero-order valence-corrected chi connectivity index (χ0v) is 9.34. The van der Waals surface area contributed by atoms with Crippen LogP contribution in [0.3, 0.4) is 0 Å². The number of aldehydes is 1. The molecule has 0 saturated heterocycles. The second-order valence-corrected chi connectivity index (χ2v) is 3.26. The maximum Gasteiger partial charge on any atom is 0.302 e. The minimum absolute atomic E-state index is 0.110. The number of para-hydroxylation sites is 1. The number of nitro benzene ring substituents is 1. The van der Waals surface area contributed by atoms with Crippen molar-refractivity contribution in [2.24, 2.45) is 0 Å². The third-order valence-corrected chi connectivity index (χ3v) is 2.46. The normalized spacial score (nSPS) is 9.88. The Balaban J connectivity index is 3.37. The van der Waals surface area contributed by atoms with Gasteiger partial charge in [-0.05, 0) is 26.0 Å². The quantitative estimate of drug-likeness (QED) is 0.435. The van der Waals surface area contributed by atoms with Crippen molar-refractivity contribution in [3.05, 3.63) is 33.9 Å². The zero-order valence-electron chi connectivity index (χ0n) is 9.34. The summed E-state index contributed by atoms with van der Waals surface area (Å²) in [6, 6.07) is 4.78. The molecule has 0 spiro atoms. The molecule has 0 N–H and O–H groups in total. The molecule has 0 aliphatic rings. The molecule has 86 valence electrons. The molecule has 0 aliphatic heterocycles. The number of benzene rings is 1. The van der Waals surface area contributed by atoms with E-state index in [1.165, 1.54) is 6.07 Å². The molecule has 5 heteroatoms. The summed E-state index contributed by atoms with van der Waals surface area (Å²) in [4.78, 5) is 23.1. The molecular weight excluding hydrogens is 208 g/mol. The van der Waals surface area contributed by atoms with Crippen LogP contribution in [0, 0.1) is 10.1 Å². The van der Waals surface area contributed by atoms with E-state index in [0.717, 1.165) is 0 Å². The van der Waals surface area contributed by atoms with Crippen molar-refractivity contribution >= 4 is 17.7 Å². The highest BCUT2D eigenvalue weighted by atomic mass is 16.6. The van der Waals surface area contributed by atoms with E-state index in [1.54, 1.807) is 12.1 Å². The molecule has 1 aromatic carbocycles. The van der Waals surface area contributed by atoms with E-state index in [0.29, 0.717) is 25.1 Å². The van der Waals surface area contributed by atoms with Gasteiger partial charge in [0, 0.05) is 13.1 Å². The molecule has 0 fully saturated rings. The Morgan fingerprint density at radius 3 is 2.44 bits per heavy atom. The van der Waals surface area contributed by atoms with Crippen molar-refractivity contribution in [1.29, 1.82) is 0 Å². The Labute approximate surface area is 93.8 Å². The van der Waals surface area contributed by atoms with E-state index in [-0.39, 0.29) is 11.3 Å². The first-order chi connectivity index (χ1) is 7.65. The Morgan fingerprint density at radius 2 is 2.00 bits per heavy atom. The van der Waals surface area contributed by atoms with Crippen LogP contribution < -0.4 is 4.90 Å². The smallest absolute Gasteiger partial charge is 0.302 e. The molecule has 0 radical (unpaired) electrons. The average molecular weight is 222 g/mol. The van der Waals surface area contributed by atoms with Gasteiger partial charge in [-0.15, -0.1) is 0 Å². The Hall–Kier alpha value is -1.91. The molecule has 0 atom stereocenters. The number of rotatable bonds is 5. The van der Waals surface area contributed by atoms with E-state index < -0.39 is 4.92 Å². The van der Waals surface area contributed by atoms with Crippen LogP contribution in [0.1, 0.15) is 24.2 Å². The summed E-state index contributed by atoms with van der Waals surface area (Å²) in [5, 5.41) is 11.0. The lowest BCUT2D eigenvalue weighted by Crippen LogP contribution is -2.23. The molecule has 1 rings (SSSR count). The summed E-state index contributed by atoms with van der Waals surface area (Å²) in [6.07, 6.45) is 0.519. The predicted octanol–water partition coefficient (Wildman–Crippen LogP) is 2.25. The molecule has 1 aromatic rings. The molecule has 0 amide bonds. The highest BCUT2D eigenvalue weighted by Crippen LogP contribution is 2.30. The molecule has 5 nitrogen and oxygen atoms in total. The first-order valence-corrected chi connectivity index (χ1v) is 5.13.